The van der Waals surface area contributed by atoms with Crippen molar-refractivity contribution in [3.8, 4) is 5.75 Å². The molecule has 0 fully saturated rings. The van der Waals surface area contributed by atoms with E-state index in [1.807, 2.05) is 12.1 Å². The smallest absolute Gasteiger partial charge is 0.120 e. The largest absolute Gasteiger partial charge is 0.497 e. The van der Waals surface area contributed by atoms with E-state index in [1.165, 1.54) is 5.56 Å². The average molecular weight is 294 g/mol. The second-order valence-corrected chi connectivity index (χ2v) is 4.04. The first-order valence-electron chi connectivity index (χ1n) is 3.66. The zero-order chi connectivity index (χ0) is 8.97. The highest BCUT2D eigenvalue weighted by atomic mass is 79.9. The van der Waals surface area contributed by atoms with Gasteiger partial charge in [-0.1, -0.05) is 37.9 Å². The van der Waals surface area contributed by atoms with Crippen LogP contribution in [-0.4, -0.2) is 12.4 Å². The Morgan fingerprint density at radius 2 is 2.17 bits per heavy atom. The number of hydrogen-bond donors (Lipinski definition) is 0. The number of halogens is 2. The number of rotatable bonds is 3. The molecule has 0 spiro atoms. The van der Waals surface area contributed by atoms with Crippen LogP contribution >= 0.6 is 31.9 Å². The lowest BCUT2D eigenvalue weighted by Gasteiger charge is -2.04. The summed E-state index contributed by atoms with van der Waals surface area (Å²) in [5, 5.41) is 0.984. The van der Waals surface area contributed by atoms with Crippen molar-refractivity contribution in [1.82, 2.24) is 0 Å². The number of benzene rings is 1. The molecule has 0 aliphatic heterocycles. The van der Waals surface area contributed by atoms with Crippen LogP contribution in [0.3, 0.4) is 0 Å². The molecule has 0 N–H and O–H groups in total. The van der Waals surface area contributed by atoms with E-state index in [4.69, 9.17) is 4.74 Å². The number of alkyl halides is 1. The number of methoxy groups -OCH3 is 1. The Balaban J connectivity index is 2.87. The minimum Gasteiger partial charge on any atom is -0.497 e. The molecule has 0 amide bonds. The molecule has 0 aromatic heterocycles. The van der Waals surface area contributed by atoms with Crippen molar-refractivity contribution >= 4 is 31.9 Å². The number of hydrogen-bond acceptors (Lipinski definition) is 1. The molecule has 0 heterocycles. The lowest BCUT2D eigenvalue weighted by atomic mass is 10.2. The summed E-state index contributed by atoms with van der Waals surface area (Å²) in [6.45, 7) is 0. The summed E-state index contributed by atoms with van der Waals surface area (Å²) in [6.07, 6.45) is 1.03. The van der Waals surface area contributed by atoms with Crippen LogP contribution in [0.5, 0.6) is 5.75 Å². The lowest BCUT2D eigenvalue weighted by Crippen LogP contribution is -1.89. The molecule has 0 saturated carbocycles. The predicted octanol–water partition coefficient (Wildman–Crippen LogP) is 3.40. The van der Waals surface area contributed by atoms with Gasteiger partial charge in [-0.3, -0.25) is 0 Å². The molecule has 12 heavy (non-hydrogen) atoms. The highest BCUT2D eigenvalue weighted by Crippen LogP contribution is 2.23. The Morgan fingerprint density at radius 3 is 2.67 bits per heavy atom. The standard InChI is InChI=1S/C9H10Br2O/c1-12-8-3-2-7(4-5-10)9(11)6-8/h2-3,6H,4-5H2,1H3. The SMILES string of the molecule is COc1ccc(CCBr)c(Br)c1. The zero-order valence-electron chi connectivity index (χ0n) is 6.81. The Morgan fingerprint density at radius 1 is 1.42 bits per heavy atom. The first kappa shape index (κ1) is 10.1. The van der Waals surface area contributed by atoms with Gasteiger partial charge in [0.05, 0.1) is 7.11 Å². The molecule has 0 aliphatic carbocycles. The molecule has 1 rings (SSSR count). The van der Waals surface area contributed by atoms with Gasteiger partial charge in [0, 0.05) is 9.80 Å². The lowest BCUT2D eigenvalue weighted by molar-refractivity contribution is 0.414. The van der Waals surface area contributed by atoms with E-state index < -0.39 is 0 Å². The summed E-state index contributed by atoms with van der Waals surface area (Å²) in [7, 11) is 1.67. The fourth-order valence-electron chi connectivity index (χ4n) is 0.960. The minimum atomic E-state index is 0.889. The average Bonchev–Trinajstić information content (AvgIpc) is 2.09. The monoisotopic (exact) mass is 292 g/mol. The predicted molar refractivity (Wildman–Crippen MR) is 58.2 cm³/mol. The van der Waals surface area contributed by atoms with Gasteiger partial charge in [0.15, 0.2) is 0 Å². The highest BCUT2D eigenvalue weighted by molar-refractivity contribution is 9.10. The Labute approximate surface area is 89.4 Å². The topological polar surface area (TPSA) is 9.23 Å². The van der Waals surface area contributed by atoms with Crippen molar-refractivity contribution in [1.29, 1.82) is 0 Å². The quantitative estimate of drug-likeness (QED) is 0.776. The maximum Gasteiger partial charge on any atom is 0.120 e. The van der Waals surface area contributed by atoms with Gasteiger partial charge in [-0.25, -0.2) is 0 Å². The minimum absolute atomic E-state index is 0.889. The molecule has 0 aliphatic rings. The molecule has 0 saturated heterocycles. The van der Waals surface area contributed by atoms with Crippen molar-refractivity contribution in [3.63, 3.8) is 0 Å². The van der Waals surface area contributed by atoms with Gasteiger partial charge in [-0.15, -0.1) is 0 Å². The molecule has 3 heteroatoms. The van der Waals surface area contributed by atoms with Crippen molar-refractivity contribution < 1.29 is 4.74 Å². The molecule has 66 valence electrons. The molecule has 0 unspecified atom stereocenters. The summed E-state index contributed by atoms with van der Waals surface area (Å²) >= 11 is 6.89. The summed E-state index contributed by atoms with van der Waals surface area (Å²) in [5.41, 5.74) is 1.30. The van der Waals surface area contributed by atoms with Gasteiger partial charge in [0.25, 0.3) is 0 Å². The molecule has 0 bridgehead atoms. The van der Waals surface area contributed by atoms with Gasteiger partial charge in [0.2, 0.25) is 0 Å². The Bertz CT molecular complexity index is 261. The molecular formula is C9H10Br2O. The third-order valence-corrected chi connectivity index (χ3v) is 2.76. The first-order chi connectivity index (χ1) is 5.77. The molecule has 1 aromatic rings. The van der Waals surface area contributed by atoms with Crippen LogP contribution in [0, 0.1) is 0 Å². The fourth-order valence-corrected chi connectivity index (χ4v) is 1.94. The maximum absolute atomic E-state index is 5.09. The van der Waals surface area contributed by atoms with Crippen molar-refractivity contribution in [2.24, 2.45) is 0 Å². The summed E-state index contributed by atoms with van der Waals surface area (Å²) in [5.74, 6) is 0.889. The highest BCUT2D eigenvalue weighted by Gasteiger charge is 2.00. The van der Waals surface area contributed by atoms with Gasteiger partial charge in [-0.05, 0) is 24.1 Å². The van der Waals surface area contributed by atoms with Crippen LogP contribution in [-0.2, 0) is 6.42 Å². The molecule has 0 atom stereocenters. The van der Waals surface area contributed by atoms with E-state index in [0.717, 1.165) is 22.0 Å². The molecular weight excluding hydrogens is 284 g/mol. The summed E-state index contributed by atoms with van der Waals surface area (Å²) in [4.78, 5) is 0. The second kappa shape index (κ2) is 4.87. The van der Waals surface area contributed by atoms with E-state index in [1.54, 1.807) is 7.11 Å². The number of ether oxygens (including phenoxy) is 1. The summed E-state index contributed by atoms with van der Waals surface area (Å²) in [6, 6.07) is 6.03. The van der Waals surface area contributed by atoms with Crippen molar-refractivity contribution in [2.75, 3.05) is 12.4 Å². The van der Waals surface area contributed by atoms with E-state index >= 15 is 0 Å². The van der Waals surface area contributed by atoms with Gasteiger partial charge < -0.3 is 4.74 Å². The fraction of sp³-hybridized carbons (Fsp3) is 0.333. The van der Waals surface area contributed by atoms with Gasteiger partial charge in [0.1, 0.15) is 5.75 Å². The van der Waals surface area contributed by atoms with Gasteiger partial charge >= 0.3 is 0 Å². The van der Waals surface area contributed by atoms with Crippen molar-refractivity contribution in [3.05, 3.63) is 28.2 Å². The Kier molecular flexibility index (Phi) is 4.09. The van der Waals surface area contributed by atoms with Crippen LogP contribution in [0.25, 0.3) is 0 Å². The van der Waals surface area contributed by atoms with E-state index in [0.29, 0.717) is 0 Å². The van der Waals surface area contributed by atoms with Crippen LogP contribution in [0.4, 0.5) is 0 Å². The van der Waals surface area contributed by atoms with E-state index in [2.05, 4.69) is 37.9 Å². The van der Waals surface area contributed by atoms with Gasteiger partial charge in [-0.2, -0.15) is 0 Å². The van der Waals surface area contributed by atoms with Crippen LogP contribution < -0.4 is 4.74 Å². The third kappa shape index (κ3) is 2.49. The molecule has 1 aromatic carbocycles. The number of aryl methyl sites for hydroxylation is 1. The Hall–Kier alpha value is -0.0200. The summed E-state index contributed by atoms with van der Waals surface area (Å²) < 4.78 is 6.20. The first-order valence-corrected chi connectivity index (χ1v) is 5.57. The third-order valence-electron chi connectivity index (χ3n) is 1.62. The van der Waals surface area contributed by atoms with Crippen molar-refractivity contribution in [2.45, 2.75) is 6.42 Å². The molecule has 1 nitrogen and oxygen atoms in total. The van der Waals surface area contributed by atoms with Crippen LogP contribution in [0.2, 0.25) is 0 Å². The normalized spacial score (nSPS) is 9.92. The van der Waals surface area contributed by atoms with E-state index in [9.17, 15) is 0 Å². The van der Waals surface area contributed by atoms with Crippen LogP contribution in [0.1, 0.15) is 5.56 Å². The molecule has 0 radical (unpaired) electrons. The maximum atomic E-state index is 5.09. The zero-order valence-corrected chi connectivity index (χ0v) is 9.98. The second-order valence-electron chi connectivity index (χ2n) is 2.40. The van der Waals surface area contributed by atoms with E-state index in [-0.39, 0.29) is 0 Å². The van der Waals surface area contributed by atoms with Crippen LogP contribution in [0.15, 0.2) is 22.7 Å².